The Balaban J connectivity index is 1.67. The average Bonchev–Trinajstić information content (AvgIpc) is 2.76. The standard InChI is InChI=1S/C16H19N5O2/c1-9-4-10(2)6-13(5-9)18-14(22)7-12-8-21-16(19-15(12)23)17-11(3)20-21/h4-6,12H,7-8H2,1-3H3,(H,18,22)(H,17,19,20,23)/t12-/m0/s1. The Morgan fingerprint density at radius 3 is 2.70 bits per heavy atom. The Morgan fingerprint density at radius 2 is 2.00 bits per heavy atom. The maximum Gasteiger partial charge on any atom is 0.232 e. The fraction of sp³-hybridized carbons (Fsp3) is 0.375. The van der Waals surface area contributed by atoms with Crippen LogP contribution in [-0.4, -0.2) is 26.6 Å². The van der Waals surface area contributed by atoms with Gasteiger partial charge >= 0.3 is 0 Å². The molecule has 0 unspecified atom stereocenters. The van der Waals surface area contributed by atoms with Crippen molar-refractivity contribution in [1.29, 1.82) is 0 Å². The van der Waals surface area contributed by atoms with E-state index in [-0.39, 0.29) is 18.2 Å². The van der Waals surface area contributed by atoms with Gasteiger partial charge in [0.15, 0.2) is 0 Å². The van der Waals surface area contributed by atoms with Gasteiger partial charge < -0.3 is 5.32 Å². The third-order valence-corrected chi connectivity index (χ3v) is 3.71. The SMILES string of the molecule is Cc1cc(C)cc(NC(=O)C[C@H]2Cn3nc(C)nc3NC2=O)c1. The van der Waals surface area contributed by atoms with Crippen molar-refractivity contribution in [3.63, 3.8) is 0 Å². The maximum absolute atomic E-state index is 12.2. The van der Waals surface area contributed by atoms with Gasteiger partial charge in [0.05, 0.1) is 12.5 Å². The molecule has 1 atom stereocenters. The first kappa shape index (κ1) is 15.2. The molecule has 1 aliphatic rings. The molecule has 1 aromatic carbocycles. The average molecular weight is 313 g/mol. The van der Waals surface area contributed by atoms with Crippen molar-refractivity contribution in [3.8, 4) is 0 Å². The molecule has 2 heterocycles. The molecule has 2 N–H and O–H groups in total. The van der Waals surface area contributed by atoms with Gasteiger partial charge in [-0.05, 0) is 44.0 Å². The molecule has 0 saturated heterocycles. The van der Waals surface area contributed by atoms with Crippen molar-refractivity contribution >= 4 is 23.5 Å². The number of nitrogens with zero attached hydrogens (tertiary/aromatic N) is 3. The van der Waals surface area contributed by atoms with Gasteiger partial charge in [0.1, 0.15) is 5.82 Å². The van der Waals surface area contributed by atoms with Crippen molar-refractivity contribution < 1.29 is 9.59 Å². The number of carbonyl (C=O) groups is 2. The molecule has 2 amide bonds. The number of carbonyl (C=O) groups excluding carboxylic acids is 2. The normalized spacial score (nSPS) is 16.7. The summed E-state index contributed by atoms with van der Waals surface area (Å²) in [6, 6.07) is 5.86. The zero-order valence-corrected chi connectivity index (χ0v) is 13.4. The highest BCUT2D eigenvalue weighted by atomic mass is 16.2. The molecule has 0 radical (unpaired) electrons. The summed E-state index contributed by atoms with van der Waals surface area (Å²) in [6.45, 7) is 6.08. The van der Waals surface area contributed by atoms with Crippen LogP contribution in [0.5, 0.6) is 0 Å². The van der Waals surface area contributed by atoms with E-state index in [4.69, 9.17) is 0 Å². The fourth-order valence-corrected chi connectivity index (χ4v) is 2.82. The molecule has 2 aromatic rings. The van der Waals surface area contributed by atoms with Crippen LogP contribution in [0.4, 0.5) is 11.6 Å². The number of aryl methyl sites for hydroxylation is 3. The van der Waals surface area contributed by atoms with Gasteiger partial charge in [-0.15, -0.1) is 0 Å². The van der Waals surface area contributed by atoms with Crippen LogP contribution in [0.15, 0.2) is 18.2 Å². The predicted octanol–water partition coefficient (Wildman–Crippen LogP) is 1.80. The number of fused-ring (bicyclic) bond motifs is 1. The van der Waals surface area contributed by atoms with E-state index in [2.05, 4.69) is 20.7 Å². The van der Waals surface area contributed by atoms with Crippen LogP contribution >= 0.6 is 0 Å². The van der Waals surface area contributed by atoms with Crippen molar-refractivity contribution in [1.82, 2.24) is 14.8 Å². The zero-order chi connectivity index (χ0) is 16.6. The van der Waals surface area contributed by atoms with Crippen molar-refractivity contribution in [3.05, 3.63) is 35.2 Å². The fourth-order valence-electron chi connectivity index (χ4n) is 2.82. The van der Waals surface area contributed by atoms with Gasteiger partial charge in [0.25, 0.3) is 0 Å². The second-order valence-electron chi connectivity index (χ2n) is 5.98. The minimum atomic E-state index is -0.450. The first-order valence-corrected chi connectivity index (χ1v) is 7.51. The number of nitrogens with one attached hydrogen (secondary N) is 2. The Bertz CT molecular complexity index is 761. The van der Waals surface area contributed by atoms with E-state index in [9.17, 15) is 9.59 Å². The summed E-state index contributed by atoms with van der Waals surface area (Å²) in [4.78, 5) is 28.4. The molecule has 0 aliphatic carbocycles. The van der Waals surface area contributed by atoms with Crippen LogP contribution in [0, 0.1) is 26.7 Å². The number of rotatable bonds is 3. The molecule has 1 aromatic heterocycles. The van der Waals surface area contributed by atoms with Crippen molar-refractivity contribution in [2.45, 2.75) is 33.7 Å². The summed E-state index contributed by atoms with van der Waals surface area (Å²) in [5.41, 5.74) is 2.91. The molecule has 120 valence electrons. The zero-order valence-electron chi connectivity index (χ0n) is 13.4. The predicted molar refractivity (Wildman–Crippen MR) is 86.0 cm³/mol. The van der Waals surface area contributed by atoms with E-state index in [0.717, 1.165) is 16.8 Å². The number of aromatic nitrogens is 3. The highest BCUT2D eigenvalue weighted by Gasteiger charge is 2.29. The monoisotopic (exact) mass is 313 g/mol. The first-order chi connectivity index (χ1) is 10.9. The van der Waals surface area contributed by atoms with Crippen LogP contribution in [0.1, 0.15) is 23.4 Å². The summed E-state index contributed by atoms with van der Waals surface area (Å²) in [5, 5.41) is 9.75. The number of benzene rings is 1. The number of hydrogen-bond acceptors (Lipinski definition) is 4. The van der Waals surface area contributed by atoms with Crippen LogP contribution in [-0.2, 0) is 16.1 Å². The summed E-state index contributed by atoms with van der Waals surface area (Å²) in [7, 11) is 0. The molecule has 7 heteroatoms. The lowest BCUT2D eigenvalue weighted by atomic mass is 10.0. The van der Waals surface area contributed by atoms with E-state index in [1.54, 1.807) is 11.6 Å². The molecule has 23 heavy (non-hydrogen) atoms. The lowest BCUT2D eigenvalue weighted by Crippen LogP contribution is -2.36. The Kier molecular flexibility index (Phi) is 3.85. The summed E-state index contributed by atoms with van der Waals surface area (Å²) >= 11 is 0. The smallest absolute Gasteiger partial charge is 0.232 e. The highest BCUT2D eigenvalue weighted by Crippen LogP contribution is 2.20. The number of amides is 2. The Labute approximate surface area is 134 Å². The van der Waals surface area contributed by atoms with Crippen LogP contribution in [0.25, 0.3) is 0 Å². The molecule has 7 nitrogen and oxygen atoms in total. The van der Waals surface area contributed by atoms with Gasteiger partial charge in [0.2, 0.25) is 17.8 Å². The molecule has 0 fully saturated rings. The Morgan fingerprint density at radius 1 is 1.30 bits per heavy atom. The maximum atomic E-state index is 12.2. The topological polar surface area (TPSA) is 88.9 Å². The van der Waals surface area contributed by atoms with E-state index >= 15 is 0 Å². The first-order valence-electron chi connectivity index (χ1n) is 7.51. The van der Waals surface area contributed by atoms with Gasteiger partial charge in [0, 0.05) is 12.1 Å². The third-order valence-electron chi connectivity index (χ3n) is 3.71. The van der Waals surface area contributed by atoms with Gasteiger partial charge in [-0.25, -0.2) is 4.68 Å². The molecular weight excluding hydrogens is 294 g/mol. The molecule has 3 rings (SSSR count). The second kappa shape index (κ2) is 5.83. The second-order valence-corrected chi connectivity index (χ2v) is 5.98. The van der Waals surface area contributed by atoms with E-state index in [1.165, 1.54) is 0 Å². The third kappa shape index (κ3) is 3.39. The van der Waals surface area contributed by atoms with Crippen LogP contribution in [0.3, 0.4) is 0 Å². The van der Waals surface area contributed by atoms with Gasteiger partial charge in [-0.3, -0.25) is 14.9 Å². The quantitative estimate of drug-likeness (QED) is 0.904. The van der Waals surface area contributed by atoms with Crippen molar-refractivity contribution in [2.75, 3.05) is 10.6 Å². The molecular formula is C16H19N5O2. The van der Waals surface area contributed by atoms with Crippen LogP contribution in [0.2, 0.25) is 0 Å². The van der Waals surface area contributed by atoms with Crippen molar-refractivity contribution in [2.24, 2.45) is 5.92 Å². The van der Waals surface area contributed by atoms with Crippen LogP contribution < -0.4 is 10.6 Å². The summed E-state index contributed by atoms with van der Waals surface area (Å²) < 4.78 is 1.63. The number of anilines is 2. The number of hydrogen-bond donors (Lipinski definition) is 2. The summed E-state index contributed by atoms with van der Waals surface area (Å²) in [6.07, 6.45) is 0.108. The Hall–Kier alpha value is -2.70. The minimum absolute atomic E-state index is 0.108. The molecule has 0 spiro atoms. The molecule has 0 saturated carbocycles. The molecule has 1 aliphatic heterocycles. The summed E-state index contributed by atoms with van der Waals surface area (Å²) in [5.74, 6) is 0.213. The minimum Gasteiger partial charge on any atom is -0.326 e. The van der Waals surface area contributed by atoms with E-state index in [0.29, 0.717) is 18.3 Å². The highest BCUT2D eigenvalue weighted by molar-refractivity contribution is 5.98. The lowest BCUT2D eigenvalue weighted by Gasteiger charge is -2.21. The van der Waals surface area contributed by atoms with Gasteiger partial charge in [-0.2, -0.15) is 10.1 Å². The van der Waals surface area contributed by atoms with E-state index < -0.39 is 5.92 Å². The van der Waals surface area contributed by atoms with Gasteiger partial charge in [-0.1, -0.05) is 6.07 Å². The molecule has 0 bridgehead atoms. The van der Waals surface area contributed by atoms with E-state index in [1.807, 2.05) is 32.0 Å². The lowest BCUT2D eigenvalue weighted by molar-refractivity contribution is -0.125. The largest absolute Gasteiger partial charge is 0.326 e.